The van der Waals surface area contributed by atoms with Gasteiger partial charge < -0.3 is 19.8 Å². The lowest BCUT2D eigenvalue weighted by Gasteiger charge is -2.21. The molecule has 1 aliphatic heterocycles. The quantitative estimate of drug-likeness (QED) is 0.835. The molecule has 0 unspecified atom stereocenters. The maximum absolute atomic E-state index is 13.5. The number of carbonyl (C=O) groups is 2. The number of hydrogen-bond donors (Lipinski definition) is 2. The number of nitrogens with zero attached hydrogens (tertiary/aromatic N) is 1. The van der Waals surface area contributed by atoms with E-state index >= 15 is 0 Å². The molecule has 2 N–H and O–H groups in total. The minimum absolute atomic E-state index is 0.0201. The van der Waals surface area contributed by atoms with Crippen LogP contribution < -0.4 is 4.74 Å². The van der Waals surface area contributed by atoms with Gasteiger partial charge in [0, 0.05) is 17.4 Å². The molecule has 1 aromatic carbocycles. The number of benzene rings is 1. The number of ether oxygens (including phenoxy) is 1. The lowest BCUT2D eigenvalue weighted by molar-refractivity contribution is -0.149. The van der Waals surface area contributed by atoms with Gasteiger partial charge in [0.2, 0.25) is 0 Å². The zero-order valence-electron chi connectivity index (χ0n) is 10.8. The largest absolute Gasteiger partial charge is 0.481 e. The highest BCUT2D eigenvalue weighted by molar-refractivity contribution is 9.10. The van der Waals surface area contributed by atoms with Gasteiger partial charge in [-0.3, -0.25) is 4.79 Å². The number of carboxylic acids is 1. The molecule has 2 rings (SSSR count). The Bertz CT molecular complexity index is 567. The average molecular weight is 362 g/mol. The maximum atomic E-state index is 13.5. The predicted octanol–water partition coefficient (Wildman–Crippen LogP) is 1.01. The molecule has 2 atom stereocenters. The second-order valence-corrected chi connectivity index (χ2v) is 5.57. The molecule has 0 saturated carbocycles. The van der Waals surface area contributed by atoms with E-state index in [0.717, 1.165) is 4.90 Å². The molecule has 8 heteroatoms. The summed E-state index contributed by atoms with van der Waals surface area (Å²) in [4.78, 5) is 24.0. The van der Waals surface area contributed by atoms with Gasteiger partial charge in [-0.2, -0.15) is 0 Å². The molecule has 1 aliphatic rings. The topological polar surface area (TPSA) is 87.1 Å². The van der Waals surface area contributed by atoms with Crippen molar-refractivity contribution in [2.24, 2.45) is 0 Å². The van der Waals surface area contributed by atoms with Gasteiger partial charge in [0.25, 0.3) is 5.91 Å². The van der Waals surface area contributed by atoms with Crippen LogP contribution in [0.2, 0.25) is 0 Å². The third-order valence-corrected chi connectivity index (χ3v) is 3.62. The van der Waals surface area contributed by atoms with Crippen LogP contribution in [0.5, 0.6) is 5.75 Å². The van der Waals surface area contributed by atoms with Crippen LogP contribution in [0, 0.1) is 5.82 Å². The molecule has 21 heavy (non-hydrogen) atoms. The van der Waals surface area contributed by atoms with Crippen molar-refractivity contribution in [2.45, 2.75) is 18.6 Å². The second-order valence-electron chi connectivity index (χ2n) is 4.65. The van der Waals surface area contributed by atoms with Crippen LogP contribution in [-0.4, -0.2) is 52.3 Å². The average Bonchev–Trinajstić information content (AvgIpc) is 2.80. The first kappa shape index (κ1) is 15.7. The van der Waals surface area contributed by atoms with Gasteiger partial charge in [0.05, 0.1) is 6.10 Å². The highest BCUT2D eigenvalue weighted by Gasteiger charge is 2.38. The van der Waals surface area contributed by atoms with Crippen LogP contribution in [0.3, 0.4) is 0 Å². The smallest absolute Gasteiger partial charge is 0.326 e. The number of halogens is 2. The van der Waals surface area contributed by atoms with E-state index in [9.17, 15) is 19.1 Å². The van der Waals surface area contributed by atoms with Crippen LogP contribution in [0.4, 0.5) is 4.39 Å². The monoisotopic (exact) mass is 361 g/mol. The zero-order valence-corrected chi connectivity index (χ0v) is 12.4. The fourth-order valence-corrected chi connectivity index (χ4v) is 2.47. The first-order valence-corrected chi connectivity index (χ1v) is 6.96. The van der Waals surface area contributed by atoms with E-state index in [2.05, 4.69) is 15.9 Å². The summed E-state index contributed by atoms with van der Waals surface area (Å²) in [5, 5.41) is 18.5. The van der Waals surface area contributed by atoms with E-state index in [4.69, 9.17) is 9.84 Å². The van der Waals surface area contributed by atoms with Gasteiger partial charge in [-0.1, -0.05) is 15.9 Å². The molecule has 1 saturated heterocycles. The van der Waals surface area contributed by atoms with Crippen molar-refractivity contribution in [3.63, 3.8) is 0 Å². The number of amides is 1. The van der Waals surface area contributed by atoms with Crippen LogP contribution in [0.15, 0.2) is 22.7 Å². The molecule has 6 nitrogen and oxygen atoms in total. The van der Waals surface area contributed by atoms with Gasteiger partial charge in [-0.05, 0) is 18.2 Å². The summed E-state index contributed by atoms with van der Waals surface area (Å²) in [6.07, 6.45) is -0.896. The molecular formula is C13H13BrFNO5. The summed E-state index contributed by atoms with van der Waals surface area (Å²) < 4.78 is 19.1. The van der Waals surface area contributed by atoms with Gasteiger partial charge >= 0.3 is 5.97 Å². The lowest BCUT2D eigenvalue weighted by atomic mass is 10.2. The summed E-state index contributed by atoms with van der Waals surface area (Å²) in [6.45, 7) is -0.558. The lowest BCUT2D eigenvalue weighted by Crippen LogP contribution is -2.43. The van der Waals surface area contributed by atoms with E-state index in [1.807, 2.05) is 0 Å². The van der Waals surface area contributed by atoms with E-state index < -0.39 is 36.4 Å². The van der Waals surface area contributed by atoms with Crippen molar-refractivity contribution in [3.05, 3.63) is 28.5 Å². The van der Waals surface area contributed by atoms with E-state index in [0.29, 0.717) is 4.47 Å². The Morgan fingerprint density at radius 2 is 2.19 bits per heavy atom. The third-order valence-electron chi connectivity index (χ3n) is 3.13. The molecule has 0 spiro atoms. The van der Waals surface area contributed by atoms with E-state index in [1.165, 1.54) is 12.1 Å². The number of β-amino-alcohol motifs (C(OH)–C–C–N with tert-alkyl or cyclic N) is 1. The molecule has 1 heterocycles. The molecule has 1 aromatic rings. The van der Waals surface area contributed by atoms with Crippen LogP contribution >= 0.6 is 15.9 Å². The van der Waals surface area contributed by atoms with Crippen LogP contribution in [-0.2, 0) is 9.59 Å². The fourth-order valence-electron chi connectivity index (χ4n) is 2.14. The molecule has 0 radical (unpaired) electrons. The Balaban J connectivity index is 1.99. The molecule has 1 amide bonds. The number of aliphatic hydroxyl groups is 1. The highest BCUT2D eigenvalue weighted by Crippen LogP contribution is 2.22. The van der Waals surface area contributed by atoms with Gasteiger partial charge in [0.1, 0.15) is 6.04 Å². The summed E-state index contributed by atoms with van der Waals surface area (Å²) in [5.74, 6) is -2.53. The standard InChI is InChI=1S/C13H13BrFNO5/c14-7-1-2-11(9(15)3-7)21-6-12(18)16-5-8(17)4-10(16)13(19)20/h1-3,8,10,17H,4-6H2,(H,19,20)/t8-,10+/m1/s1. The Hall–Kier alpha value is -1.67. The summed E-state index contributed by atoms with van der Waals surface area (Å²) in [5.41, 5.74) is 0. The van der Waals surface area contributed by atoms with E-state index in [-0.39, 0.29) is 18.7 Å². The maximum Gasteiger partial charge on any atom is 0.326 e. The minimum Gasteiger partial charge on any atom is -0.481 e. The van der Waals surface area contributed by atoms with Crippen molar-refractivity contribution >= 4 is 27.8 Å². The van der Waals surface area contributed by atoms with Crippen molar-refractivity contribution in [3.8, 4) is 5.75 Å². The first-order chi connectivity index (χ1) is 9.88. The van der Waals surface area contributed by atoms with Crippen molar-refractivity contribution in [1.29, 1.82) is 0 Å². The molecule has 114 valence electrons. The molecule has 1 fully saturated rings. The summed E-state index contributed by atoms with van der Waals surface area (Å²) in [7, 11) is 0. The van der Waals surface area contributed by atoms with Gasteiger partial charge in [-0.25, -0.2) is 9.18 Å². The van der Waals surface area contributed by atoms with E-state index in [1.54, 1.807) is 6.07 Å². The number of likely N-dealkylation sites (tertiary alicyclic amines) is 1. The molecular weight excluding hydrogens is 349 g/mol. The Labute approximate surface area is 128 Å². The SMILES string of the molecule is O=C(O)[C@@H]1C[C@@H](O)CN1C(=O)COc1ccc(Br)cc1F. The fraction of sp³-hybridized carbons (Fsp3) is 0.385. The zero-order chi connectivity index (χ0) is 15.6. The van der Waals surface area contributed by atoms with Crippen LogP contribution in [0.25, 0.3) is 0 Å². The highest BCUT2D eigenvalue weighted by atomic mass is 79.9. The Morgan fingerprint density at radius 1 is 1.48 bits per heavy atom. The molecule has 0 bridgehead atoms. The van der Waals surface area contributed by atoms with Gasteiger partial charge in [0.15, 0.2) is 18.2 Å². The van der Waals surface area contributed by atoms with Crippen LogP contribution in [0.1, 0.15) is 6.42 Å². The number of carbonyl (C=O) groups excluding carboxylic acids is 1. The first-order valence-electron chi connectivity index (χ1n) is 6.16. The number of aliphatic carboxylic acids is 1. The van der Waals surface area contributed by atoms with Gasteiger partial charge in [-0.15, -0.1) is 0 Å². The summed E-state index contributed by atoms with van der Waals surface area (Å²) >= 11 is 3.10. The number of hydrogen-bond acceptors (Lipinski definition) is 4. The Kier molecular flexibility index (Phi) is 4.79. The minimum atomic E-state index is -1.19. The summed E-state index contributed by atoms with van der Waals surface area (Å²) in [6, 6.07) is 3.04. The molecule has 0 aromatic heterocycles. The van der Waals surface area contributed by atoms with Crippen molar-refractivity contribution < 1.29 is 28.9 Å². The number of aliphatic hydroxyl groups excluding tert-OH is 1. The predicted molar refractivity (Wildman–Crippen MR) is 73.4 cm³/mol. The number of rotatable bonds is 4. The normalized spacial score (nSPS) is 21.4. The van der Waals surface area contributed by atoms with Crippen molar-refractivity contribution in [2.75, 3.05) is 13.2 Å². The molecule has 0 aliphatic carbocycles. The second kappa shape index (κ2) is 6.40. The third kappa shape index (κ3) is 3.70. The van der Waals surface area contributed by atoms with Crippen molar-refractivity contribution in [1.82, 2.24) is 4.90 Å². The Morgan fingerprint density at radius 3 is 2.81 bits per heavy atom. The number of carboxylic acid groups (broad SMARTS) is 1.